The van der Waals surface area contributed by atoms with Crippen LogP contribution in [-0.2, 0) is 14.8 Å². The van der Waals surface area contributed by atoms with E-state index >= 15 is 0 Å². The Hall–Kier alpha value is -1.64. The Balaban J connectivity index is 1.98. The number of rotatable bonds is 7. The van der Waals surface area contributed by atoms with Gasteiger partial charge in [0.15, 0.2) is 0 Å². The Morgan fingerprint density at radius 2 is 1.76 bits per heavy atom. The Morgan fingerprint density at radius 3 is 2.28 bits per heavy atom. The fraction of sp³-hybridized carbons (Fsp3) is 0.588. The molecule has 0 saturated carbocycles. The summed E-state index contributed by atoms with van der Waals surface area (Å²) in [6, 6.07) is 5.36. The van der Waals surface area contributed by atoms with Crippen LogP contribution in [-0.4, -0.2) is 69.5 Å². The van der Waals surface area contributed by atoms with Gasteiger partial charge < -0.3 is 14.5 Å². The van der Waals surface area contributed by atoms with Crippen molar-refractivity contribution < 1.29 is 17.9 Å². The smallest absolute Gasteiger partial charge is 0.241 e. The molecule has 7 nitrogen and oxygen atoms in total. The van der Waals surface area contributed by atoms with Gasteiger partial charge in [0.2, 0.25) is 15.9 Å². The van der Waals surface area contributed by atoms with Crippen molar-refractivity contribution in [2.24, 2.45) is 0 Å². The Labute approximate surface area is 150 Å². The number of amides is 1. The van der Waals surface area contributed by atoms with Crippen molar-refractivity contribution >= 4 is 15.9 Å². The van der Waals surface area contributed by atoms with Crippen LogP contribution in [0.3, 0.4) is 0 Å². The standard InChI is InChI=1S/C17H27N3O4S/c1-4-19-10-12-20(13-11-19)17(21)14(3)18-25(22,23)16-8-6-15(7-9-16)24-5-2/h6-9,14,18H,4-5,10-13H2,1-3H3/t14-/m1/s1. The molecular weight excluding hydrogens is 342 g/mol. The zero-order valence-corrected chi connectivity index (χ0v) is 15.9. The molecule has 1 aliphatic rings. The van der Waals surface area contributed by atoms with Gasteiger partial charge in [-0.15, -0.1) is 0 Å². The van der Waals surface area contributed by atoms with E-state index in [0.717, 1.165) is 19.6 Å². The van der Waals surface area contributed by atoms with E-state index in [1.807, 2.05) is 6.92 Å². The van der Waals surface area contributed by atoms with Gasteiger partial charge >= 0.3 is 0 Å². The molecule has 0 radical (unpaired) electrons. The highest BCUT2D eigenvalue weighted by Gasteiger charge is 2.27. The van der Waals surface area contributed by atoms with Gasteiger partial charge in [-0.25, -0.2) is 8.42 Å². The van der Waals surface area contributed by atoms with Gasteiger partial charge in [0.25, 0.3) is 0 Å². The van der Waals surface area contributed by atoms with Crippen LogP contribution in [0.2, 0.25) is 0 Å². The molecule has 1 N–H and O–H groups in total. The molecule has 1 heterocycles. The molecule has 0 unspecified atom stereocenters. The number of carbonyl (C=O) groups excluding carboxylic acids is 1. The Bertz CT molecular complexity index is 668. The number of piperazine rings is 1. The lowest BCUT2D eigenvalue weighted by Crippen LogP contribution is -2.54. The molecule has 2 rings (SSSR count). The van der Waals surface area contributed by atoms with E-state index in [0.29, 0.717) is 25.4 Å². The van der Waals surface area contributed by atoms with Crippen LogP contribution in [0.1, 0.15) is 20.8 Å². The van der Waals surface area contributed by atoms with Gasteiger partial charge in [0.05, 0.1) is 17.5 Å². The average Bonchev–Trinajstić information content (AvgIpc) is 2.61. The second kappa shape index (κ2) is 8.64. The van der Waals surface area contributed by atoms with Crippen LogP contribution >= 0.6 is 0 Å². The number of nitrogens with zero attached hydrogens (tertiary/aromatic N) is 2. The van der Waals surface area contributed by atoms with Crippen molar-refractivity contribution in [2.75, 3.05) is 39.3 Å². The number of benzene rings is 1. The molecule has 8 heteroatoms. The van der Waals surface area contributed by atoms with Crippen LogP contribution in [0.25, 0.3) is 0 Å². The largest absolute Gasteiger partial charge is 0.494 e. The summed E-state index contributed by atoms with van der Waals surface area (Å²) in [5.41, 5.74) is 0. The van der Waals surface area contributed by atoms with E-state index < -0.39 is 16.1 Å². The number of likely N-dealkylation sites (N-methyl/N-ethyl adjacent to an activating group) is 1. The van der Waals surface area contributed by atoms with Crippen LogP contribution in [0.15, 0.2) is 29.2 Å². The molecule has 1 atom stereocenters. The van der Waals surface area contributed by atoms with Crippen LogP contribution in [0.5, 0.6) is 5.75 Å². The summed E-state index contributed by atoms with van der Waals surface area (Å²) >= 11 is 0. The molecular formula is C17H27N3O4S. The third-order valence-corrected chi connectivity index (χ3v) is 5.84. The number of carbonyl (C=O) groups is 1. The fourth-order valence-corrected chi connectivity index (χ4v) is 3.99. The molecule has 0 aromatic heterocycles. The number of ether oxygens (including phenoxy) is 1. The molecule has 1 fully saturated rings. The maximum absolute atomic E-state index is 12.5. The van der Waals surface area contributed by atoms with Gasteiger partial charge in [0, 0.05) is 26.2 Å². The van der Waals surface area contributed by atoms with Gasteiger partial charge in [-0.2, -0.15) is 4.72 Å². The van der Waals surface area contributed by atoms with E-state index in [1.165, 1.54) is 12.1 Å². The minimum Gasteiger partial charge on any atom is -0.494 e. The van der Waals surface area contributed by atoms with Gasteiger partial charge in [-0.1, -0.05) is 6.92 Å². The predicted octanol–water partition coefficient (Wildman–Crippen LogP) is 0.916. The molecule has 0 bridgehead atoms. The van der Waals surface area contributed by atoms with Crippen molar-refractivity contribution in [3.63, 3.8) is 0 Å². The van der Waals surface area contributed by atoms with Crippen LogP contribution in [0.4, 0.5) is 0 Å². The summed E-state index contributed by atoms with van der Waals surface area (Å²) < 4.78 is 32.7. The molecule has 140 valence electrons. The van der Waals surface area contributed by atoms with E-state index in [2.05, 4.69) is 16.5 Å². The van der Waals surface area contributed by atoms with E-state index in [4.69, 9.17) is 4.74 Å². The highest BCUT2D eigenvalue weighted by molar-refractivity contribution is 7.89. The van der Waals surface area contributed by atoms with E-state index in [-0.39, 0.29) is 10.8 Å². The normalized spacial score (nSPS) is 17.3. The number of hydrogen-bond acceptors (Lipinski definition) is 5. The molecule has 1 aromatic carbocycles. The molecule has 0 spiro atoms. The summed E-state index contributed by atoms with van der Waals surface area (Å²) in [5.74, 6) is 0.421. The summed E-state index contributed by atoms with van der Waals surface area (Å²) in [6.07, 6.45) is 0. The van der Waals surface area contributed by atoms with Gasteiger partial charge in [0.1, 0.15) is 5.75 Å². The second-order valence-electron chi connectivity index (χ2n) is 6.01. The lowest BCUT2D eigenvalue weighted by atomic mass is 10.2. The lowest BCUT2D eigenvalue weighted by molar-refractivity contribution is -0.134. The monoisotopic (exact) mass is 369 g/mol. The maximum Gasteiger partial charge on any atom is 0.241 e. The van der Waals surface area contributed by atoms with Crippen molar-refractivity contribution in [3.05, 3.63) is 24.3 Å². The SMILES string of the molecule is CCOc1ccc(S(=O)(=O)N[C@H](C)C(=O)N2CCN(CC)CC2)cc1. The Morgan fingerprint density at radius 1 is 1.16 bits per heavy atom. The summed E-state index contributed by atoms with van der Waals surface area (Å²) in [7, 11) is -3.75. The quantitative estimate of drug-likeness (QED) is 0.773. The summed E-state index contributed by atoms with van der Waals surface area (Å²) in [5, 5.41) is 0. The Kier molecular flexibility index (Phi) is 6.80. The minimum atomic E-state index is -3.75. The molecule has 25 heavy (non-hydrogen) atoms. The zero-order valence-electron chi connectivity index (χ0n) is 15.1. The van der Waals surface area contributed by atoms with Crippen LogP contribution < -0.4 is 9.46 Å². The lowest BCUT2D eigenvalue weighted by Gasteiger charge is -2.35. The predicted molar refractivity (Wildman–Crippen MR) is 96.1 cm³/mol. The number of nitrogens with one attached hydrogen (secondary N) is 1. The summed E-state index contributed by atoms with van der Waals surface area (Å²) in [4.78, 5) is 16.6. The van der Waals surface area contributed by atoms with E-state index in [9.17, 15) is 13.2 Å². The minimum absolute atomic E-state index is 0.117. The molecule has 1 saturated heterocycles. The average molecular weight is 369 g/mol. The van der Waals surface area contributed by atoms with Crippen molar-refractivity contribution in [2.45, 2.75) is 31.7 Å². The second-order valence-corrected chi connectivity index (χ2v) is 7.72. The highest BCUT2D eigenvalue weighted by atomic mass is 32.2. The topological polar surface area (TPSA) is 78.9 Å². The third kappa shape index (κ3) is 5.17. The van der Waals surface area contributed by atoms with Crippen molar-refractivity contribution in [1.82, 2.24) is 14.5 Å². The maximum atomic E-state index is 12.5. The van der Waals surface area contributed by atoms with E-state index in [1.54, 1.807) is 24.0 Å². The molecule has 1 amide bonds. The van der Waals surface area contributed by atoms with Crippen molar-refractivity contribution in [1.29, 1.82) is 0 Å². The molecule has 1 aliphatic heterocycles. The first-order valence-electron chi connectivity index (χ1n) is 8.63. The van der Waals surface area contributed by atoms with Crippen LogP contribution in [0, 0.1) is 0 Å². The fourth-order valence-electron chi connectivity index (χ4n) is 2.79. The van der Waals surface area contributed by atoms with Crippen molar-refractivity contribution in [3.8, 4) is 5.75 Å². The summed E-state index contributed by atoms with van der Waals surface area (Å²) in [6.45, 7) is 9.90. The zero-order chi connectivity index (χ0) is 18.4. The number of sulfonamides is 1. The first kappa shape index (κ1) is 19.7. The highest BCUT2D eigenvalue weighted by Crippen LogP contribution is 2.16. The number of hydrogen-bond donors (Lipinski definition) is 1. The first-order chi connectivity index (χ1) is 11.9. The molecule has 1 aromatic rings. The van der Waals surface area contributed by atoms with Gasteiger partial charge in [-0.3, -0.25) is 4.79 Å². The first-order valence-corrected chi connectivity index (χ1v) is 10.1. The van der Waals surface area contributed by atoms with Gasteiger partial charge in [-0.05, 0) is 44.7 Å². The third-order valence-electron chi connectivity index (χ3n) is 4.28. The molecule has 0 aliphatic carbocycles.